The molecule has 22 heavy (non-hydrogen) atoms. The van der Waals surface area contributed by atoms with E-state index in [1.54, 1.807) is 16.2 Å². The number of thiophene rings is 1. The van der Waals surface area contributed by atoms with E-state index < -0.39 is 0 Å². The first kappa shape index (κ1) is 14.8. The molecule has 1 aliphatic heterocycles. The number of hydrogen-bond donors (Lipinski definition) is 1. The minimum atomic E-state index is -0.0374. The summed E-state index contributed by atoms with van der Waals surface area (Å²) < 4.78 is 0. The van der Waals surface area contributed by atoms with Crippen molar-refractivity contribution in [3.63, 3.8) is 0 Å². The van der Waals surface area contributed by atoms with Gasteiger partial charge in [0.1, 0.15) is 0 Å². The third-order valence-electron chi connectivity index (χ3n) is 3.68. The Morgan fingerprint density at radius 1 is 1.23 bits per heavy atom. The molecule has 0 bridgehead atoms. The van der Waals surface area contributed by atoms with E-state index in [9.17, 15) is 9.59 Å². The summed E-state index contributed by atoms with van der Waals surface area (Å²) in [5.41, 5.74) is 1.59. The summed E-state index contributed by atoms with van der Waals surface area (Å²) in [5.74, 6) is 0.123. The Balaban J connectivity index is 1.68. The van der Waals surface area contributed by atoms with Crippen LogP contribution in [0.15, 0.2) is 41.8 Å². The smallest absolute Gasteiger partial charge is 0.229 e. The fourth-order valence-corrected chi connectivity index (χ4v) is 3.31. The molecule has 1 aliphatic rings. The highest BCUT2D eigenvalue weighted by atomic mass is 32.1. The van der Waals surface area contributed by atoms with Gasteiger partial charge in [-0.1, -0.05) is 12.1 Å². The molecule has 0 radical (unpaired) electrons. The van der Waals surface area contributed by atoms with Gasteiger partial charge in [-0.25, -0.2) is 0 Å². The lowest BCUT2D eigenvalue weighted by molar-refractivity contribution is -0.119. The number of hydrogen-bond acceptors (Lipinski definition) is 3. The predicted octanol–water partition coefficient (Wildman–Crippen LogP) is 3.45. The van der Waals surface area contributed by atoms with Crippen LogP contribution >= 0.6 is 11.3 Å². The summed E-state index contributed by atoms with van der Waals surface area (Å²) >= 11 is 1.57. The predicted molar refractivity (Wildman–Crippen MR) is 89.3 cm³/mol. The monoisotopic (exact) mass is 314 g/mol. The fraction of sp³-hybridized carbons (Fsp3) is 0.294. The van der Waals surface area contributed by atoms with E-state index in [1.807, 2.05) is 41.8 Å². The van der Waals surface area contributed by atoms with Crippen molar-refractivity contribution in [3.8, 4) is 0 Å². The van der Waals surface area contributed by atoms with Gasteiger partial charge in [0.2, 0.25) is 11.8 Å². The molecule has 1 saturated heterocycles. The molecule has 1 aromatic heterocycles. The zero-order valence-electron chi connectivity index (χ0n) is 12.2. The van der Waals surface area contributed by atoms with Crippen molar-refractivity contribution in [2.45, 2.75) is 25.7 Å². The zero-order valence-corrected chi connectivity index (χ0v) is 13.1. The number of carbonyl (C=O) groups excluding carboxylic acids is 2. The van der Waals surface area contributed by atoms with Crippen LogP contribution in [0, 0.1) is 0 Å². The van der Waals surface area contributed by atoms with E-state index in [0.717, 1.165) is 35.6 Å². The van der Waals surface area contributed by atoms with Gasteiger partial charge in [0.15, 0.2) is 0 Å². The number of rotatable bonds is 4. The normalized spacial score (nSPS) is 14.9. The first-order chi connectivity index (χ1) is 10.7. The maximum absolute atomic E-state index is 12.0. The molecule has 1 aromatic carbocycles. The van der Waals surface area contributed by atoms with Crippen LogP contribution in [0.1, 0.15) is 24.1 Å². The van der Waals surface area contributed by atoms with E-state index in [0.29, 0.717) is 12.8 Å². The molecule has 0 atom stereocenters. The van der Waals surface area contributed by atoms with Crippen molar-refractivity contribution in [3.05, 3.63) is 46.7 Å². The maximum atomic E-state index is 12.0. The summed E-state index contributed by atoms with van der Waals surface area (Å²) in [6, 6.07) is 11.4. The Morgan fingerprint density at radius 3 is 2.91 bits per heavy atom. The van der Waals surface area contributed by atoms with E-state index >= 15 is 0 Å². The number of anilines is 2. The van der Waals surface area contributed by atoms with Gasteiger partial charge in [-0.2, -0.15) is 0 Å². The molecule has 0 aliphatic carbocycles. The second kappa shape index (κ2) is 6.75. The molecule has 0 saturated carbocycles. The van der Waals surface area contributed by atoms with Crippen LogP contribution in [-0.4, -0.2) is 18.4 Å². The van der Waals surface area contributed by atoms with Crippen molar-refractivity contribution in [1.82, 2.24) is 0 Å². The van der Waals surface area contributed by atoms with Crippen molar-refractivity contribution in [2.24, 2.45) is 0 Å². The lowest BCUT2D eigenvalue weighted by atomic mass is 10.1. The highest BCUT2D eigenvalue weighted by Gasteiger charge is 2.19. The summed E-state index contributed by atoms with van der Waals surface area (Å²) in [5, 5.41) is 4.87. The first-order valence-corrected chi connectivity index (χ1v) is 8.33. The summed E-state index contributed by atoms with van der Waals surface area (Å²) in [6.45, 7) is 0.755. The van der Waals surface area contributed by atoms with Crippen LogP contribution in [0.3, 0.4) is 0 Å². The van der Waals surface area contributed by atoms with Gasteiger partial charge >= 0.3 is 0 Å². The quantitative estimate of drug-likeness (QED) is 0.939. The number of carbonyl (C=O) groups is 2. The third kappa shape index (κ3) is 3.54. The maximum Gasteiger partial charge on any atom is 0.229 e. The van der Waals surface area contributed by atoms with E-state index in [4.69, 9.17) is 0 Å². The lowest BCUT2D eigenvalue weighted by Crippen LogP contribution is -2.35. The minimum absolute atomic E-state index is 0.0374. The third-order valence-corrected chi connectivity index (χ3v) is 4.56. The first-order valence-electron chi connectivity index (χ1n) is 7.45. The van der Waals surface area contributed by atoms with E-state index in [1.165, 1.54) is 0 Å². The summed E-state index contributed by atoms with van der Waals surface area (Å²) in [7, 11) is 0. The van der Waals surface area contributed by atoms with Gasteiger partial charge in [-0.3, -0.25) is 9.59 Å². The average molecular weight is 314 g/mol. The number of piperidine rings is 1. The molecule has 0 unspecified atom stereocenters. The van der Waals surface area contributed by atoms with E-state index in [2.05, 4.69) is 5.32 Å². The average Bonchev–Trinajstić information content (AvgIpc) is 3.00. The molecule has 2 aromatic rings. The van der Waals surface area contributed by atoms with Crippen molar-refractivity contribution >= 4 is 34.5 Å². The molecule has 1 fully saturated rings. The minimum Gasteiger partial charge on any atom is -0.326 e. The lowest BCUT2D eigenvalue weighted by Gasteiger charge is -2.27. The van der Waals surface area contributed by atoms with Crippen LogP contribution in [0.2, 0.25) is 0 Å². The second-order valence-corrected chi connectivity index (χ2v) is 6.39. The standard InChI is InChI=1S/C17H18N2O2S/c20-16(12-15-7-4-10-22-15)18-13-5-3-6-14(11-13)19-9-2-1-8-17(19)21/h3-7,10-11H,1-2,8-9,12H2,(H,18,20). The molecule has 4 nitrogen and oxygen atoms in total. The Kier molecular flexibility index (Phi) is 4.53. The Labute approximate surface area is 133 Å². The Bertz CT molecular complexity index is 667. The van der Waals surface area contributed by atoms with Crippen molar-refractivity contribution in [1.29, 1.82) is 0 Å². The van der Waals surface area contributed by atoms with Crippen molar-refractivity contribution < 1.29 is 9.59 Å². The number of amides is 2. The Morgan fingerprint density at radius 2 is 2.14 bits per heavy atom. The molecular formula is C17H18N2O2S. The molecular weight excluding hydrogens is 296 g/mol. The fourth-order valence-electron chi connectivity index (χ4n) is 2.61. The SMILES string of the molecule is O=C(Cc1cccs1)Nc1cccc(N2CCCCC2=O)c1. The van der Waals surface area contributed by atoms with E-state index in [-0.39, 0.29) is 11.8 Å². The molecule has 114 valence electrons. The van der Waals surface area contributed by atoms with Crippen molar-refractivity contribution in [2.75, 3.05) is 16.8 Å². The highest BCUT2D eigenvalue weighted by molar-refractivity contribution is 7.10. The van der Waals surface area contributed by atoms with Gasteiger partial charge in [0.25, 0.3) is 0 Å². The molecule has 2 heterocycles. The summed E-state index contributed by atoms with van der Waals surface area (Å²) in [4.78, 5) is 26.9. The topological polar surface area (TPSA) is 49.4 Å². The number of nitrogens with one attached hydrogen (secondary N) is 1. The zero-order chi connectivity index (χ0) is 15.4. The number of benzene rings is 1. The molecule has 2 amide bonds. The largest absolute Gasteiger partial charge is 0.326 e. The number of nitrogens with zero attached hydrogens (tertiary/aromatic N) is 1. The van der Waals surface area contributed by atoms with Gasteiger partial charge in [-0.05, 0) is 42.5 Å². The molecule has 1 N–H and O–H groups in total. The Hall–Kier alpha value is -2.14. The van der Waals surface area contributed by atoms with Gasteiger partial charge in [0, 0.05) is 29.2 Å². The van der Waals surface area contributed by atoms with Crippen LogP contribution in [0.4, 0.5) is 11.4 Å². The molecule has 3 rings (SSSR count). The van der Waals surface area contributed by atoms with Crippen LogP contribution in [0.5, 0.6) is 0 Å². The van der Waals surface area contributed by atoms with Gasteiger partial charge in [0.05, 0.1) is 6.42 Å². The summed E-state index contributed by atoms with van der Waals surface area (Å²) in [6.07, 6.45) is 2.98. The van der Waals surface area contributed by atoms with Crippen LogP contribution in [0.25, 0.3) is 0 Å². The molecule has 0 spiro atoms. The highest BCUT2D eigenvalue weighted by Crippen LogP contribution is 2.24. The molecule has 5 heteroatoms. The van der Waals surface area contributed by atoms with Crippen LogP contribution < -0.4 is 10.2 Å². The van der Waals surface area contributed by atoms with Crippen LogP contribution in [-0.2, 0) is 16.0 Å². The van der Waals surface area contributed by atoms with Gasteiger partial charge < -0.3 is 10.2 Å². The second-order valence-electron chi connectivity index (χ2n) is 5.36. The van der Waals surface area contributed by atoms with Gasteiger partial charge in [-0.15, -0.1) is 11.3 Å².